The van der Waals surface area contributed by atoms with Gasteiger partial charge in [-0.25, -0.2) is 9.97 Å². The van der Waals surface area contributed by atoms with Gasteiger partial charge in [0.2, 0.25) is 0 Å². The third-order valence-corrected chi connectivity index (χ3v) is 3.71. The third-order valence-electron chi connectivity index (χ3n) is 3.71. The van der Waals surface area contributed by atoms with Gasteiger partial charge in [0.15, 0.2) is 0 Å². The highest BCUT2D eigenvalue weighted by Crippen LogP contribution is 2.51. The van der Waals surface area contributed by atoms with Crippen molar-refractivity contribution in [3.05, 3.63) is 11.9 Å². The predicted octanol–water partition coefficient (Wildman–Crippen LogP) is 2.47. The van der Waals surface area contributed by atoms with Crippen LogP contribution in [0.1, 0.15) is 39.2 Å². The fourth-order valence-corrected chi connectivity index (χ4v) is 2.22. The molecule has 0 aliphatic heterocycles. The molecule has 1 saturated carbocycles. The maximum Gasteiger partial charge on any atom is 0.134 e. The lowest BCUT2D eigenvalue weighted by atomic mass is 10.1. The summed E-state index contributed by atoms with van der Waals surface area (Å²) < 4.78 is 0. The van der Waals surface area contributed by atoms with Crippen LogP contribution in [0.2, 0.25) is 0 Å². The van der Waals surface area contributed by atoms with E-state index in [1.54, 1.807) is 0 Å². The average Bonchev–Trinajstić information content (AvgIpc) is 2.88. The molecular formula is C13H22N4. The number of hydrogen-bond donors (Lipinski definition) is 2. The Morgan fingerprint density at radius 2 is 2.18 bits per heavy atom. The molecule has 0 amide bonds. The number of hydrogen-bond acceptors (Lipinski definition) is 4. The van der Waals surface area contributed by atoms with E-state index in [1.165, 1.54) is 12.7 Å². The number of nitrogens with two attached hydrogens (primary N) is 1. The number of nitrogens with zero attached hydrogens (tertiary/aromatic N) is 2. The minimum Gasteiger partial charge on any atom is -0.383 e. The number of nitrogen functional groups attached to an aromatic ring is 1. The zero-order valence-corrected chi connectivity index (χ0v) is 11.0. The standard InChI is InChI=1S/C13H22N4/c1-4-5-10-11(14)16-8-17-12(10)15-7-9-6-13(9,2)3/h8-9H,4-7H2,1-3H3,(H3,14,15,16,17). The zero-order valence-electron chi connectivity index (χ0n) is 11.0. The molecule has 0 aromatic carbocycles. The van der Waals surface area contributed by atoms with Gasteiger partial charge in [0.25, 0.3) is 0 Å². The molecule has 17 heavy (non-hydrogen) atoms. The third kappa shape index (κ3) is 2.68. The second-order valence-corrected chi connectivity index (χ2v) is 5.61. The Balaban J connectivity index is 2.02. The van der Waals surface area contributed by atoms with E-state index in [1.807, 2.05) is 0 Å². The monoisotopic (exact) mass is 234 g/mol. The van der Waals surface area contributed by atoms with E-state index >= 15 is 0 Å². The molecule has 4 nitrogen and oxygen atoms in total. The first-order valence-electron chi connectivity index (χ1n) is 6.38. The number of anilines is 2. The number of rotatable bonds is 5. The summed E-state index contributed by atoms with van der Waals surface area (Å²) in [5.41, 5.74) is 7.45. The van der Waals surface area contributed by atoms with Crippen molar-refractivity contribution >= 4 is 11.6 Å². The van der Waals surface area contributed by atoms with Crippen LogP contribution in [-0.2, 0) is 6.42 Å². The molecule has 3 N–H and O–H groups in total. The van der Waals surface area contributed by atoms with E-state index in [0.29, 0.717) is 11.2 Å². The molecule has 0 spiro atoms. The van der Waals surface area contributed by atoms with Gasteiger partial charge in [0.1, 0.15) is 18.0 Å². The van der Waals surface area contributed by atoms with E-state index in [-0.39, 0.29) is 0 Å². The van der Waals surface area contributed by atoms with Gasteiger partial charge >= 0.3 is 0 Å². The van der Waals surface area contributed by atoms with E-state index in [0.717, 1.165) is 36.7 Å². The first-order valence-corrected chi connectivity index (χ1v) is 6.38. The largest absolute Gasteiger partial charge is 0.383 e. The van der Waals surface area contributed by atoms with Crippen molar-refractivity contribution in [1.29, 1.82) is 0 Å². The lowest BCUT2D eigenvalue weighted by Gasteiger charge is -2.12. The summed E-state index contributed by atoms with van der Waals surface area (Å²) in [6, 6.07) is 0. The van der Waals surface area contributed by atoms with Gasteiger partial charge in [0.05, 0.1) is 0 Å². The molecule has 2 rings (SSSR count). The van der Waals surface area contributed by atoms with E-state index < -0.39 is 0 Å². The number of nitrogens with one attached hydrogen (secondary N) is 1. The molecular weight excluding hydrogens is 212 g/mol. The summed E-state index contributed by atoms with van der Waals surface area (Å²) in [5, 5.41) is 3.43. The molecule has 1 atom stereocenters. The molecule has 1 aliphatic rings. The van der Waals surface area contributed by atoms with E-state index in [4.69, 9.17) is 5.73 Å². The normalized spacial score (nSPS) is 21.2. The smallest absolute Gasteiger partial charge is 0.134 e. The second kappa shape index (κ2) is 4.51. The van der Waals surface area contributed by atoms with Crippen molar-refractivity contribution in [3.63, 3.8) is 0 Å². The Kier molecular flexibility index (Phi) is 3.22. The van der Waals surface area contributed by atoms with Crippen molar-refractivity contribution in [2.75, 3.05) is 17.6 Å². The van der Waals surface area contributed by atoms with Crippen molar-refractivity contribution in [2.45, 2.75) is 40.0 Å². The molecule has 1 aliphatic carbocycles. The zero-order chi connectivity index (χ0) is 12.5. The summed E-state index contributed by atoms with van der Waals surface area (Å²) in [7, 11) is 0. The Morgan fingerprint density at radius 3 is 2.76 bits per heavy atom. The molecule has 1 fully saturated rings. The highest BCUT2D eigenvalue weighted by molar-refractivity contribution is 5.55. The molecule has 94 valence electrons. The Bertz CT molecular complexity index is 400. The maximum atomic E-state index is 5.89. The summed E-state index contributed by atoms with van der Waals surface area (Å²) in [4.78, 5) is 8.36. The van der Waals surface area contributed by atoms with Gasteiger partial charge in [-0.15, -0.1) is 0 Å². The van der Waals surface area contributed by atoms with Gasteiger partial charge in [0, 0.05) is 12.1 Å². The van der Waals surface area contributed by atoms with E-state index in [2.05, 4.69) is 36.1 Å². The van der Waals surface area contributed by atoms with Gasteiger partial charge < -0.3 is 11.1 Å². The Labute approximate surface area is 103 Å². The number of aromatic nitrogens is 2. The molecule has 0 saturated heterocycles. The van der Waals surface area contributed by atoms with Crippen molar-refractivity contribution in [3.8, 4) is 0 Å². The van der Waals surface area contributed by atoms with Crippen LogP contribution < -0.4 is 11.1 Å². The van der Waals surface area contributed by atoms with Crippen molar-refractivity contribution < 1.29 is 0 Å². The quantitative estimate of drug-likeness (QED) is 0.821. The minimum atomic E-state index is 0.497. The average molecular weight is 234 g/mol. The van der Waals surface area contributed by atoms with Crippen LogP contribution >= 0.6 is 0 Å². The van der Waals surface area contributed by atoms with Crippen LogP contribution in [-0.4, -0.2) is 16.5 Å². The van der Waals surface area contributed by atoms with Crippen LogP contribution in [0.15, 0.2) is 6.33 Å². The highest BCUT2D eigenvalue weighted by atomic mass is 15.0. The molecule has 1 aromatic heterocycles. The van der Waals surface area contributed by atoms with Crippen LogP contribution in [0.25, 0.3) is 0 Å². The van der Waals surface area contributed by atoms with Crippen molar-refractivity contribution in [2.24, 2.45) is 11.3 Å². The van der Waals surface area contributed by atoms with Gasteiger partial charge in [-0.2, -0.15) is 0 Å². The van der Waals surface area contributed by atoms with E-state index in [9.17, 15) is 0 Å². The predicted molar refractivity (Wildman–Crippen MR) is 70.8 cm³/mol. The minimum absolute atomic E-state index is 0.497. The molecule has 1 unspecified atom stereocenters. The van der Waals surface area contributed by atoms with Gasteiger partial charge in [-0.1, -0.05) is 27.2 Å². The lowest BCUT2D eigenvalue weighted by Crippen LogP contribution is -2.12. The molecule has 1 aromatic rings. The fraction of sp³-hybridized carbons (Fsp3) is 0.692. The van der Waals surface area contributed by atoms with Gasteiger partial charge in [-0.3, -0.25) is 0 Å². The first-order chi connectivity index (χ1) is 8.04. The van der Waals surface area contributed by atoms with Crippen molar-refractivity contribution in [1.82, 2.24) is 9.97 Å². The molecule has 1 heterocycles. The molecule has 0 bridgehead atoms. The summed E-state index contributed by atoms with van der Waals surface area (Å²) in [5.74, 6) is 2.29. The summed E-state index contributed by atoms with van der Waals surface area (Å²) in [6.45, 7) is 7.74. The van der Waals surface area contributed by atoms with Gasteiger partial charge in [-0.05, 0) is 24.2 Å². The van der Waals surface area contributed by atoms with Crippen LogP contribution in [0.4, 0.5) is 11.6 Å². The van der Waals surface area contributed by atoms with Crippen LogP contribution in [0, 0.1) is 11.3 Å². The SMILES string of the molecule is CCCc1c(N)ncnc1NCC1CC1(C)C. The van der Waals surface area contributed by atoms with Crippen LogP contribution in [0.3, 0.4) is 0 Å². The fourth-order valence-electron chi connectivity index (χ4n) is 2.22. The Hall–Kier alpha value is -1.32. The molecule has 4 heteroatoms. The Morgan fingerprint density at radius 1 is 1.47 bits per heavy atom. The molecule has 0 radical (unpaired) electrons. The first kappa shape index (κ1) is 12.1. The maximum absolute atomic E-state index is 5.89. The topological polar surface area (TPSA) is 63.8 Å². The second-order valence-electron chi connectivity index (χ2n) is 5.61. The highest BCUT2D eigenvalue weighted by Gasteiger charge is 2.45. The summed E-state index contributed by atoms with van der Waals surface area (Å²) >= 11 is 0. The van der Waals surface area contributed by atoms with Crippen LogP contribution in [0.5, 0.6) is 0 Å². The lowest BCUT2D eigenvalue weighted by molar-refractivity contribution is 0.572. The summed E-state index contributed by atoms with van der Waals surface area (Å²) in [6.07, 6.45) is 4.82.